The second kappa shape index (κ2) is 10.7. The minimum absolute atomic E-state index is 0.0637. The van der Waals surface area contributed by atoms with E-state index >= 15 is 4.39 Å². The summed E-state index contributed by atoms with van der Waals surface area (Å²) in [6.07, 6.45) is 2.02. The van der Waals surface area contributed by atoms with Crippen molar-refractivity contribution in [1.82, 2.24) is 9.62 Å². The molecule has 7 nitrogen and oxygen atoms in total. The van der Waals surface area contributed by atoms with Crippen LogP contribution in [0.3, 0.4) is 0 Å². The first-order valence-electron chi connectivity index (χ1n) is 12.1. The maximum Gasteiger partial charge on any atom is 0.230 e. The standard InChI is InChI=1S/C26H33FN2O5S/c1-19-7-10-24(20-5-3-2-4-6-20)35(32,33)29(19)18-21-8-9-22(17-23(21)27)26(11-15-34-16-12-26)25(31)28-13-14-30/h2-6,8-9,17,19,24,30H,7,10-16,18H2,1H3,(H,28,31)/t19-,24+/m0/s1. The Kier molecular flexibility index (Phi) is 7.90. The summed E-state index contributed by atoms with van der Waals surface area (Å²) < 4.78 is 49.3. The van der Waals surface area contributed by atoms with E-state index in [9.17, 15) is 13.2 Å². The highest BCUT2D eigenvalue weighted by atomic mass is 32.2. The molecule has 2 N–H and O–H groups in total. The summed E-state index contributed by atoms with van der Waals surface area (Å²) in [5.41, 5.74) is 0.607. The summed E-state index contributed by atoms with van der Waals surface area (Å²) in [7, 11) is -3.69. The van der Waals surface area contributed by atoms with Crippen LogP contribution in [0.1, 0.15) is 54.5 Å². The third kappa shape index (κ3) is 5.14. The third-order valence-electron chi connectivity index (χ3n) is 7.31. The zero-order chi connectivity index (χ0) is 25.1. The lowest BCUT2D eigenvalue weighted by Gasteiger charge is -2.38. The maximum atomic E-state index is 15.4. The van der Waals surface area contributed by atoms with Crippen LogP contribution in [0, 0.1) is 5.82 Å². The smallest absolute Gasteiger partial charge is 0.230 e. The molecule has 2 aliphatic heterocycles. The van der Waals surface area contributed by atoms with Gasteiger partial charge in [0.2, 0.25) is 15.9 Å². The van der Waals surface area contributed by atoms with E-state index in [1.807, 2.05) is 37.3 Å². The van der Waals surface area contributed by atoms with Gasteiger partial charge in [0.25, 0.3) is 0 Å². The topological polar surface area (TPSA) is 95.9 Å². The van der Waals surface area contributed by atoms with Crippen molar-refractivity contribution >= 4 is 15.9 Å². The molecule has 2 aliphatic rings. The number of benzene rings is 2. The summed E-state index contributed by atoms with van der Waals surface area (Å²) in [5.74, 6) is -0.799. The summed E-state index contributed by atoms with van der Waals surface area (Å²) in [6.45, 7) is 2.48. The van der Waals surface area contributed by atoms with Gasteiger partial charge < -0.3 is 15.2 Å². The Balaban J connectivity index is 1.61. The van der Waals surface area contributed by atoms with Crippen molar-refractivity contribution in [3.8, 4) is 0 Å². The number of halogens is 1. The second-order valence-electron chi connectivity index (χ2n) is 9.40. The number of hydrogen-bond acceptors (Lipinski definition) is 5. The van der Waals surface area contributed by atoms with Crippen molar-refractivity contribution in [3.63, 3.8) is 0 Å². The number of aliphatic hydroxyl groups is 1. The first-order valence-corrected chi connectivity index (χ1v) is 13.6. The van der Waals surface area contributed by atoms with Gasteiger partial charge in [0.1, 0.15) is 11.1 Å². The number of carbonyl (C=O) groups excluding carboxylic acids is 1. The SMILES string of the molecule is C[C@H]1CC[C@H](c2ccccc2)S(=O)(=O)N1Cc1ccc(C2(C(=O)NCCO)CCOCC2)cc1F. The minimum Gasteiger partial charge on any atom is -0.395 e. The van der Waals surface area contributed by atoms with Crippen LogP contribution in [0.2, 0.25) is 0 Å². The Labute approximate surface area is 206 Å². The molecule has 2 fully saturated rings. The lowest BCUT2D eigenvalue weighted by molar-refractivity contribution is -0.130. The fourth-order valence-corrected chi connectivity index (χ4v) is 7.39. The van der Waals surface area contributed by atoms with Gasteiger partial charge in [0, 0.05) is 37.9 Å². The normalized spacial score (nSPS) is 24.1. The van der Waals surface area contributed by atoms with Gasteiger partial charge in [0.05, 0.1) is 12.0 Å². The third-order valence-corrected chi connectivity index (χ3v) is 9.68. The van der Waals surface area contributed by atoms with Crippen molar-refractivity contribution in [3.05, 3.63) is 71.0 Å². The highest BCUT2D eigenvalue weighted by molar-refractivity contribution is 7.89. The van der Waals surface area contributed by atoms with Crippen molar-refractivity contribution < 1.29 is 27.4 Å². The maximum absolute atomic E-state index is 15.4. The van der Waals surface area contributed by atoms with Crippen molar-refractivity contribution in [2.45, 2.75) is 55.9 Å². The van der Waals surface area contributed by atoms with Crippen LogP contribution >= 0.6 is 0 Å². The molecule has 2 aromatic rings. The summed E-state index contributed by atoms with van der Waals surface area (Å²) in [5, 5.41) is 11.2. The first kappa shape index (κ1) is 25.8. The number of ether oxygens (including phenoxy) is 1. The Hall–Kier alpha value is -2.33. The predicted molar refractivity (Wildman–Crippen MR) is 131 cm³/mol. The molecular formula is C26H33FN2O5S. The molecule has 2 heterocycles. The molecule has 0 bridgehead atoms. The monoisotopic (exact) mass is 504 g/mol. The zero-order valence-corrected chi connectivity index (χ0v) is 20.8. The van der Waals surface area contributed by atoms with Crippen molar-refractivity contribution in [2.24, 2.45) is 0 Å². The molecule has 0 spiro atoms. The van der Waals surface area contributed by atoms with E-state index < -0.39 is 26.5 Å². The van der Waals surface area contributed by atoms with Gasteiger partial charge >= 0.3 is 0 Å². The van der Waals surface area contributed by atoms with Crippen LogP contribution in [0.25, 0.3) is 0 Å². The highest BCUT2D eigenvalue weighted by Crippen LogP contribution is 2.39. The van der Waals surface area contributed by atoms with Gasteiger partial charge in [-0.1, -0.05) is 42.5 Å². The number of amides is 1. The predicted octanol–water partition coefficient (Wildman–Crippen LogP) is 3.04. The van der Waals surface area contributed by atoms with E-state index in [4.69, 9.17) is 9.84 Å². The molecule has 0 aromatic heterocycles. The molecular weight excluding hydrogens is 471 g/mol. The number of rotatable bonds is 7. The average molecular weight is 505 g/mol. The molecule has 35 heavy (non-hydrogen) atoms. The van der Waals surface area contributed by atoms with Crippen molar-refractivity contribution in [2.75, 3.05) is 26.4 Å². The summed E-state index contributed by atoms with van der Waals surface area (Å²) in [6, 6.07) is 13.6. The largest absolute Gasteiger partial charge is 0.395 e. The fraction of sp³-hybridized carbons (Fsp3) is 0.500. The van der Waals surface area contributed by atoms with Crippen LogP contribution in [0.15, 0.2) is 48.5 Å². The number of carbonyl (C=O) groups is 1. The molecule has 0 aliphatic carbocycles. The lowest BCUT2D eigenvalue weighted by Crippen LogP contribution is -2.48. The quantitative estimate of drug-likeness (QED) is 0.604. The second-order valence-corrected chi connectivity index (χ2v) is 11.5. The molecule has 0 radical (unpaired) electrons. The Bertz CT molecular complexity index is 1140. The van der Waals surface area contributed by atoms with Gasteiger partial charge in [-0.05, 0) is 49.8 Å². The lowest BCUT2D eigenvalue weighted by atomic mass is 9.73. The first-order chi connectivity index (χ1) is 16.8. The molecule has 190 valence electrons. The van der Waals surface area contributed by atoms with E-state index in [1.54, 1.807) is 12.1 Å². The molecule has 2 saturated heterocycles. The Morgan fingerprint density at radius 2 is 1.89 bits per heavy atom. The average Bonchev–Trinajstić information content (AvgIpc) is 2.86. The van der Waals surface area contributed by atoms with E-state index in [0.717, 1.165) is 5.56 Å². The van der Waals surface area contributed by atoms with Crippen molar-refractivity contribution in [1.29, 1.82) is 0 Å². The minimum atomic E-state index is -3.69. The Morgan fingerprint density at radius 1 is 1.17 bits per heavy atom. The molecule has 1 amide bonds. The van der Waals surface area contributed by atoms with Gasteiger partial charge in [-0.25, -0.2) is 12.8 Å². The van der Waals surface area contributed by atoms with E-state index in [1.165, 1.54) is 10.4 Å². The van der Waals surface area contributed by atoms with Gasteiger partial charge in [0.15, 0.2) is 0 Å². The molecule has 9 heteroatoms. The number of nitrogens with one attached hydrogen (secondary N) is 1. The Morgan fingerprint density at radius 3 is 2.54 bits per heavy atom. The van der Waals surface area contributed by atoms with Gasteiger partial charge in [-0.15, -0.1) is 0 Å². The molecule has 2 aromatic carbocycles. The number of hydrogen-bond donors (Lipinski definition) is 2. The fourth-order valence-electron chi connectivity index (χ4n) is 5.20. The summed E-state index contributed by atoms with van der Waals surface area (Å²) >= 11 is 0. The van der Waals surface area contributed by atoms with E-state index in [0.29, 0.717) is 44.5 Å². The van der Waals surface area contributed by atoms with Crippen LogP contribution in [0.4, 0.5) is 4.39 Å². The summed E-state index contributed by atoms with van der Waals surface area (Å²) in [4.78, 5) is 13.0. The number of sulfonamides is 1. The van der Waals surface area contributed by atoms with Crippen LogP contribution < -0.4 is 5.32 Å². The van der Waals surface area contributed by atoms with Crippen LogP contribution in [0.5, 0.6) is 0 Å². The van der Waals surface area contributed by atoms with Gasteiger partial charge in [-0.3, -0.25) is 4.79 Å². The number of aliphatic hydroxyl groups excluding tert-OH is 1. The molecule has 4 rings (SSSR count). The van der Waals surface area contributed by atoms with Crippen LogP contribution in [-0.4, -0.2) is 56.1 Å². The van der Waals surface area contributed by atoms with E-state index in [2.05, 4.69) is 5.32 Å². The molecule has 0 unspecified atom stereocenters. The zero-order valence-electron chi connectivity index (χ0n) is 20.0. The van der Waals surface area contributed by atoms with Gasteiger partial charge in [-0.2, -0.15) is 4.31 Å². The molecule has 0 saturated carbocycles. The molecule has 2 atom stereocenters. The van der Waals surface area contributed by atoms with E-state index in [-0.39, 0.29) is 37.2 Å². The number of nitrogens with zero attached hydrogens (tertiary/aromatic N) is 1. The highest BCUT2D eigenvalue weighted by Gasteiger charge is 2.43. The van der Waals surface area contributed by atoms with Crippen LogP contribution in [-0.2, 0) is 31.5 Å².